The van der Waals surface area contributed by atoms with Crippen LogP contribution in [0, 0.1) is 5.92 Å². The van der Waals surface area contributed by atoms with Crippen molar-refractivity contribution in [3.8, 4) is 5.75 Å². The molecule has 1 saturated heterocycles. The van der Waals surface area contributed by atoms with Gasteiger partial charge >= 0.3 is 0 Å². The highest BCUT2D eigenvalue weighted by molar-refractivity contribution is 6.30. The number of hydrogen-bond donors (Lipinski definition) is 1. The molecule has 0 aliphatic carbocycles. The van der Waals surface area contributed by atoms with E-state index in [-0.39, 0.29) is 17.7 Å². The Hall–Kier alpha value is -2.53. The maximum Gasteiger partial charge on any atom is 0.253 e. The number of carbonyl (C=O) groups is 2. The largest absolute Gasteiger partial charge is 0.494 e. The van der Waals surface area contributed by atoms with Crippen molar-refractivity contribution in [3.63, 3.8) is 0 Å². The quantitative estimate of drug-likeness (QED) is 0.836. The van der Waals surface area contributed by atoms with Gasteiger partial charge in [-0.2, -0.15) is 0 Å². The number of piperidine rings is 1. The number of rotatable bonds is 5. The van der Waals surface area contributed by atoms with Crippen molar-refractivity contribution in [2.45, 2.75) is 19.8 Å². The summed E-state index contributed by atoms with van der Waals surface area (Å²) in [6, 6.07) is 14.2. The summed E-state index contributed by atoms with van der Waals surface area (Å²) in [5.41, 5.74) is 1.27. The molecule has 0 radical (unpaired) electrons. The van der Waals surface area contributed by atoms with Crippen LogP contribution in [0.3, 0.4) is 0 Å². The molecule has 1 aliphatic heterocycles. The summed E-state index contributed by atoms with van der Waals surface area (Å²) in [4.78, 5) is 27.1. The molecule has 2 amide bonds. The molecule has 0 spiro atoms. The molecule has 142 valence electrons. The maximum absolute atomic E-state index is 12.7. The van der Waals surface area contributed by atoms with E-state index in [0.29, 0.717) is 30.3 Å². The third kappa shape index (κ3) is 5.01. The number of hydrogen-bond acceptors (Lipinski definition) is 3. The molecule has 1 unspecified atom stereocenters. The molecule has 0 saturated carbocycles. The molecule has 2 aromatic carbocycles. The van der Waals surface area contributed by atoms with Gasteiger partial charge in [-0.1, -0.05) is 17.7 Å². The number of carbonyl (C=O) groups excluding carboxylic acids is 2. The van der Waals surface area contributed by atoms with Gasteiger partial charge in [-0.05, 0) is 62.2 Å². The third-order valence-corrected chi connectivity index (χ3v) is 4.82. The van der Waals surface area contributed by atoms with Gasteiger partial charge in [0, 0.05) is 29.4 Å². The fourth-order valence-corrected chi connectivity index (χ4v) is 3.42. The van der Waals surface area contributed by atoms with Crippen LogP contribution in [0.25, 0.3) is 0 Å². The van der Waals surface area contributed by atoms with Crippen molar-refractivity contribution >= 4 is 29.1 Å². The Morgan fingerprint density at radius 3 is 2.70 bits per heavy atom. The lowest BCUT2D eigenvalue weighted by molar-refractivity contribution is -0.121. The average Bonchev–Trinajstić information content (AvgIpc) is 2.69. The van der Waals surface area contributed by atoms with Gasteiger partial charge in [0.15, 0.2) is 0 Å². The van der Waals surface area contributed by atoms with Crippen LogP contribution in [0.1, 0.15) is 30.1 Å². The summed E-state index contributed by atoms with van der Waals surface area (Å²) in [5, 5.41) is 3.47. The molecular weight excluding hydrogens is 364 g/mol. The molecule has 2 aromatic rings. The van der Waals surface area contributed by atoms with E-state index < -0.39 is 0 Å². The minimum atomic E-state index is -0.228. The van der Waals surface area contributed by atoms with Crippen LogP contribution >= 0.6 is 11.6 Å². The molecule has 1 heterocycles. The number of nitrogens with zero attached hydrogens (tertiary/aromatic N) is 1. The summed E-state index contributed by atoms with van der Waals surface area (Å²) in [5.74, 6) is 0.388. The number of anilines is 1. The Kier molecular flexibility index (Phi) is 6.35. The van der Waals surface area contributed by atoms with E-state index >= 15 is 0 Å². The van der Waals surface area contributed by atoms with Crippen LogP contribution in [-0.4, -0.2) is 36.4 Å². The SMILES string of the molecule is CCOc1ccc(NC(=O)C2CCCN(C(=O)c3cccc(Cl)c3)C2)cc1. The first kappa shape index (κ1) is 19.2. The molecule has 1 atom stereocenters. The second kappa shape index (κ2) is 8.91. The van der Waals surface area contributed by atoms with Gasteiger partial charge in [-0.3, -0.25) is 9.59 Å². The van der Waals surface area contributed by atoms with Crippen LogP contribution in [0.5, 0.6) is 5.75 Å². The van der Waals surface area contributed by atoms with Gasteiger partial charge in [0.25, 0.3) is 5.91 Å². The molecule has 1 N–H and O–H groups in total. The Morgan fingerprint density at radius 1 is 1.22 bits per heavy atom. The maximum atomic E-state index is 12.7. The number of nitrogens with one attached hydrogen (secondary N) is 1. The standard InChI is InChI=1S/C21H23ClN2O3/c1-2-27-19-10-8-18(9-11-19)23-20(25)16-6-4-12-24(14-16)21(26)15-5-3-7-17(22)13-15/h3,5,7-11,13,16H,2,4,6,12,14H2,1H3,(H,23,25). The van der Waals surface area contributed by atoms with Crippen LogP contribution in [0.15, 0.2) is 48.5 Å². The van der Waals surface area contributed by atoms with Crippen molar-refractivity contribution < 1.29 is 14.3 Å². The predicted molar refractivity (Wildman–Crippen MR) is 106 cm³/mol. The summed E-state index contributed by atoms with van der Waals surface area (Å²) in [6.45, 7) is 3.59. The van der Waals surface area contributed by atoms with Crippen LogP contribution in [-0.2, 0) is 4.79 Å². The molecule has 5 nitrogen and oxygen atoms in total. The number of ether oxygens (including phenoxy) is 1. The summed E-state index contributed by atoms with van der Waals surface area (Å²) < 4.78 is 5.41. The van der Waals surface area contributed by atoms with Gasteiger partial charge in [-0.25, -0.2) is 0 Å². The second-order valence-electron chi connectivity index (χ2n) is 6.55. The van der Waals surface area contributed by atoms with E-state index in [4.69, 9.17) is 16.3 Å². The lowest BCUT2D eigenvalue weighted by atomic mass is 9.96. The van der Waals surface area contributed by atoms with E-state index in [2.05, 4.69) is 5.32 Å². The fourth-order valence-electron chi connectivity index (χ4n) is 3.23. The minimum absolute atomic E-state index is 0.0669. The Labute approximate surface area is 164 Å². The Morgan fingerprint density at radius 2 is 2.00 bits per heavy atom. The van der Waals surface area contributed by atoms with Gasteiger partial charge < -0.3 is 15.0 Å². The molecular formula is C21H23ClN2O3. The van der Waals surface area contributed by atoms with Gasteiger partial charge in [0.1, 0.15) is 5.75 Å². The molecule has 1 aliphatic rings. The summed E-state index contributed by atoms with van der Waals surface area (Å²) in [6.07, 6.45) is 1.57. The van der Waals surface area contributed by atoms with Crippen molar-refractivity contribution in [2.24, 2.45) is 5.92 Å². The Balaban J connectivity index is 1.61. The first-order valence-corrected chi connectivity index (χ1v) is 9.53. The number of benzene rings is 2. The molecule has 3 rings (SSSR count). The lowest BCUT2D eigenvalue weighted by Gasteiger charge is -2.32. The highest BCUT2D eigenvalue weighted by Gasteiger charge is 2.29. The van der Waals surface area contributed by atoms with E-state index in [1.807, 2.05) is 31.2 Å². The second-order valence-corrected chi connectivity index (χ2v) is 6.98. The smallest absolute Gasteiger partial charge is 0.253 e. The highest BCUT2D eigenvalue weighted by atomic mass is 35.5. The van der Waals surface area contributed by atoms with Crippen molar-refractivity contribution in [3.05, 3.63) is 59.1 Å². The van der Waals surface area contributed by atoms with Crippen LogP contribution < -0.4 is 10.1 Å². The van der Waals surface area contributed by atoms with Crippen molar-refractivity contribution in [2.75, 3.05) is 25.0 Å². The van der Waals surface area contributed by atoms with Crippen LogP contribution in [0.2, 0.25) is 5.02 Å². The van der Waals surface area contributed by atoms with E-state index in [1.165, 1.54) is 0 Å². The monoisotopic (exact) mass is 386 g/mol. The topological polar surface area (TPSA) is 58.6 Å². The number of halogens is 1. The van der Waals surface area contributed by atoms with Crippen molar-refractivity contribution in [1.29, 1.82) is 0 Å². The summed E-state index contributed by atoms with van der Waals surface area (Å²) in [7, 11) is 0. The molecule has 27 heavy (non-hydrogen) atoms. The minimum Gasteiger partial charge on any atom is -0.494 e. The average molecular weight is 387 g/mol. The van der Waals surface area contributed by atoms with Gasteiger partial charge in [0.05, 0.1) is 12.5 Å². The first-order valence-electron chi connectivity index (χ1n) is 9.15. The molecule has 0 bridgehead atoms. The summed E-state index contributed by atoms with van der Waals surface area (Å²) >= 11 is 5.98. The molecule has 0 aromatic heterocycles. The zero-order valence-corrected chi connectivity index (χ0v) is 16.0. The molecule has 6 heteroatoms. The number of amides is 2. The van der Waals surface area contributed by atoms with Crippen molar-refractivity contribution in [1.82, 2.24) is 4.90 Å². The van der Waals surface area contributed by atoms with Crippen LogP contribution in [0.4, 0.5) is 5.69 Å². The number of likely N-dealkylation sites (tertiary alicyclic amines) is 1. The van der Waals surface area contributed by atoms with Gasteiger partial charge in [0.2, 0.25) is 5.91 Å². The van der Waals surface area contributed by atoms with E-state index in [9.17, 15) is 9.59 Å². The first-order chi connectivity index (χ1) is 13.1. The normalized spacial score (nSPS) is 16.7. The highest BCUT2D eigenvalue weighted by Crippen LogP contribution is 2.22. The third-order valence-electron chi connectivity index (χ3n) is 4.58. The predicted octanol–water partition coefficient (Wildman–Crippen LogP) is 4.23. The van der Waals surface area contributed by atoms with E-state index in [1.54, 1.807) is 29.2 Å². The fraction of sp³-hybridized carbons (Fsp3) is 0.333. The molecule has 1 fully saturated rings. The van der Waals surface area contributed by atoms with E-state index in [0.717, 1.165) is 24.3 Å². The zero-order valence-electron chi connectivity index (χ0n) is 15.3. The zero-order chi connectivity index (χ0) is 19.2. The van der Waals surface area contributed by atoms with Gasteiger partial charge in [-0.15, -0.1) is 0 Å². The Bertz CT molecular complexity index is 807. The lowest BCUT2D eigenvalue weighted by Crippen LogP contribution is -2.43.